The van der Waals surface area contributed by atoms with Crippen LogP contribution in [0.15, 0.2) is 29.8 Å². The number of nitrogens with two attached hydrogens (primary N) is 1. The molecule has 1 unspecified atom stereocenters. The summed E-state index contributed by atoms with van der Waals surface area (Å²) in [6, 6.07) is 5.82. The van der Waals surface area contributed by atoms with Gasteiger partial charge in [-0.15, -0.1) is 11.3 Å². The number of hydrogen-bond acceptors (Lipinski definition) is 7. The summed E-state index contributed by atoms with van der Waals surface area (Å²) in [6.45, 7) is 8.14. The Morgan fingerprint density at radius 2 is 1.91 bits per heavy atom. The van der Waals surface area contributed by atoms with Crippen molar-refractivity contribution in [2.75, 3.05) is 27.2 Å². The van der Waals surface area contributed by atoms with Gasteiger partial charge in [0.15, 0.2) is 0 Å². The predicted molar refractivity (Wildman–Crippen MR) is 140 cm³/mol. The second-order valence-electron chi connectivity index (χ2n) is 10.6. The van der Waals surface area contributed by atoms with Crippen molar-refractivity contribution >= 4 is 34.9 Å². The van der Waals surface area contributed by atoms with Crippen molar-refractivity contribution < 1.29 is 14.7 Å². The molecule has 2 heterocycles. The number of benzene rings is 1. The molecule has 0 spiro atoms. The van der Waals surface area contributed by atoms with E-state index in [0.29, 0.717) is 6.54 Å². The monoisotopic (exact) mass is 521 g/mol. The summed E-state index contributed by atoms with van der Waals surface area (Å²) in [5.74, 6) is -0.780. The minimum atomic E-state index is -0.868. The SMILES string of the molecule is Cc1ncsc1-c1ccc(C(CN(C)C)N(Cl)C(=O)[C@@H]2C[C@@H](O)CN2C(=O)[C@@H](N)C(C)(C)C)cc1. The predicted octanol–water partition coefficient (Wildman–Crippen LogP) is 3.04. The molecule has 1 saturated heterocycles. The Balaban J connectivity index is 1.86. The molecular weight excluding hydrogens is 486 g/mol. The first-order valence-corrected chi connectivity index (χ1v) is 12.9. The number of hydrogen-bond donors (Lipinski definition) is 2. The summed E-state index contributed by atoms with van der Waals surface area (Å²) in [7, 11) is 3.82. The lowest BCUT2D eigenvalue weighted by molar-refractivity contribution is -0.144. The standard InChI is InChI=1S/C25H36ClN5O3S/c1-15-21(35-14-28-15)17-9-7-16(8-10-17)20(13-29(5)6)31(26)23(33)19-11-18(32)12-30(19)24(34)22(27)25(2,3)4/h7-10,14,18-20,22,32H,11-13,27H2,1-6H3/t18-,19+,20?,22-/m1/s1. The van der Waals surface area contributed by atoms with Crippen LogP contribution in [0.4, 0.5) is 0 Å². The van der Waals surface area contributed by atoms with Gasteiger partial charge in [-0.25, -0.2) is 9.40 Å². The molecule has 1 fully saturated rings. The first-order chi connectivity index (χ1) is 16.3. The lowest BCUT2D eigenvalue weighted by Gasteiger charge is -2.35. The molecule has 4 atom stereocenters. The fraction of sp³-hybridized carbons (Fsp3) is 0.560. The molecule has 0 saturated carbocycles. The summed E-state index contributed by atoms with van der Waals surface area (Å²) in [5.41, 5.74) is 10.4. The molecule has 8 nitrogen and oxygen atoms in total. The molecule has 0 bridgehead atoms. The van der Waals surface area contributed by atoms with Gasteiger partial charge in [-0.05, 0) is 37.6 Å². The number of thiazole rings is 1. The lowest BCUT2D eigenvalue weighted by Crippen LogP contribution is -2.55. The zero-order valence-electron chi connectivity index (χ0n) is 21.2. The van der Waals surface area contributed by atoms with Crippen molar-refractivity contribution in [1.29, 1.82) is 0 Å². The van der Waals surface area contributed by atoms with Gasteiger partial charge in [0.2, 0.25) is 5.91 Å². The van der Waals surface area contributed by atoms with E-state index in [-0.39, 0.29) is 18.9 Å². The van der Waals surface area contributed by atoms with Crippen LogP contribution >= 0.6 is 23.1 Å². The molecule has 1 aliphatic heterocycles. The zero-order chi connectivity index (χ0) is 26.1. The van der Waals surface area contributed by atoms with Crippen LogP contribution in [-0.4, -0.2) is 81.5 Å². The van der Waals surface area contributed by atoms with Gasteiger partial charge in [0.1, 0.15) is 6.04 Å². The van der Waals surface area contributed by atoms with Crippen LogP contribution in [0, 0.1) is 12.3 Å². The van der Waals surface area contributed by atoms with E-state index in [2.05, 4.69) is 4.98 Å². The van der Waals surface area contributed by atoms with E-state index in [9.17, 15) is 14.7 Å². The van der Waals surface area contributed by atoms with Crippen LogP contribution < -0.4 is 5.73 Å². The number of halogens is 1. The highest BCUT2D eigenvalue weighted by molar-refractivity contribution is 7.13. The van der Waals surface area contributed by atoms with E-state index in [1.165, 1.54) is 9.32 Å². The van der Waals surface area contributed by atoms with Crippen molar-refractivity contribution in [2.45, 2.75) is 58.3 Å². The van der Waals surface area contributed by atoms with E-state index in [0.717, 1.165) is 21.7 Å². The molecular formula is C25H36ClN5O3S. The Kier molecular flexibility index (Phi) is 8.60. The smallest absolute Gasteiger partial charge is 0.260 e. The highest BCUT2D eigenvalue weighted by Crippen LogP contribution is 2.32. The average molecular weight is 522 g/mol. The molecule has 0 radical (unpaired) electrons. The Morgan fingerprint density at radius 1 is 1.29 bits per heavy atom. The third-order valence-corrected chi connectivity index (χ3v) is 7.75. The molecule has 1 aromatic heterocycles. The second-order valence-corrected chi connectivity index (χ2v) is 11.8. The number of amides is 2. The summed E-state index contributed by atoms with van der Waals surface area (Å²) < 4.78 is 1.18. The van der Waals surface area contributed by atoms with Crippen LogP contribution in [0.25, 0.3) is 10.4 Å². The normalized spacial score (nSPS) is 20.2. The minimum absolute atomic E-state index is 0.0605. The van der Waals surface area contributed by atoms with E-state index in [1.807, 2.05) is 76.5 Å². The molecule has 192 valence electrons. The maximum Gasteiger partial charge on any atom is 0.260 e. The number of nitrogens with zero attached hydrogens (tertiary/aromatic N) is 4. The number of likely N-dealkylation sites (tertiary alicyclic amines) is 1. The van der Waals surface area contributed by atoms with Crippen molar-refractivity contribution in [1.82, 2.24) is 19.2 Å². The highest BCUT2D eigenvalue weighted by Gasteiger charge is 2.45. The number of rotatable bonds is 7. The van der Waals surface area contributed by atoms with Gasteiger partial charge < -0.3 is 20.6 Å². The summed E-state index contributed by atoms with van der Waals surface area (Å²) in [4.78, 5) is 35.5. The summed E-state index contributed by atoms with van der Waals surface area (Å²) in [6.07, 6.45) is -0.678. The molecule has 2 aromatic rings. The number of aromatic nitrogens is 1. The van der Waals surface area contributed by atoms with Crippen molar-refractivity contribution in [3.05, 3.63) is 41.0 Å². The molecule has 10 heteroatoms. The molecule has 1 aliphatic rings. The van der Waals surface area contributed by atoms with Crippen LogP contribution in [0.2, 0.25) is 0 Å². The topological polar surface area (TPSA) is 103 Å². The van der Waals surface area contributed by atoms with E-state index in [1.54, 1.807) is 11.3 Å². The maximum absolute atomic E-state index is 13.6. The molecule has 3 rings (SSSR count). The van der Waals surface area contributed by atoms with Gasteiger partial charge in [0.25, 0.3) is 5.91 Å². The van der Waals surface area contributed by atoms with E-state index in [4.69, 9.17) is 17.5 Å². The van der Waals surface area contributed by atoms with Crippen LogP contribution in [0.5, 0.6) is 0 Å². The lowest BCUT2D eigenvalue weighted by atomic mass is 9.86. The largest absolute Gasteiger partial charge is 0.391 e. The van der Waals surface area contributed by atoms with Crippen molar-refractivity contribution in [3.63, 3.8) is 0 Å². The number of likely N-dealkylation sites (N-methyl/N-ethyl adjacent to an activating group) is 1. The van der Waals surface area contributed by atoms with Gasteiger partial charge >= 0.3 is 0 Å². The van der Waals surface area contributed by atoms with Gasteiger partial charge in [-0.3, -0.25) is 9.59 Å². The zero-order valence-corrected chi connectivity index (χ0v) is 22.8. The van der Waals surface area contributed by atoms with Crippen LogP contribution in [-0.2, 0) is 9.59 Å². The fourth-order valence-electron chi connectivity index (χ4n) is 4.23. The Bertz CT molecular complexity index is 1040. The molecule has 3 N–H and O–H groups in total. The number of aliphatic hydroxyl groups excluding tert-OH is 1. The highest BCUT2D eigenvalue weighted by atomic mass is 35.5. The Hall–Kier alpha value is -2.04. The molecule has 35 heavy (non-hydrogen) atoms. The summed E-state index contributed by atoms with van der Waals surface area (Å²) >= 11 is 8.29. The van der Waals surface area contributed by atoms with Gasteiger partial charge in [-0.1, -0.05) is 45.0 Å². The quantitative estimate of drug-likeness (QED) is 0.543. The van der Waals surface area contributed by atoms with E-state index >= 15 is 0 Å². The molecule has 2 amide bonds. The number of β-amino-alcohol motifs (C(OH)–C–C–N with tert-alkyl or cyclic N) is 1. The minimum Gasteiger partial charge on any atom is -0.391 e. The van der Waals surface area contributed by atoms with Gasteiger partial charge in [-0.2, -0.15) is 0 Å². The number of aryl methyl sites for hydroxylation is 1. The number of carbonyl (C=O) groups is 2. The summed E-state index contributed by atoms with van der Waals surface area (Å²) in [5, 5.41) is 10.3. The van der Waals surface area contributed by atoms with Crippen LogP contribution in [0.1, 0.15) is 44.5 Å². The molecule has 1 aromatic carbocycles. The second kappa shape index (κ2) is 10.9. The maximum atomic E-state index is 13.6. The van der Waals surface area contributed by atoms with Crippen molar-refractivity contribution in [3.8, 4) is 10.4 Å². The van der Waals surface area contributed by atoms with Gasteiger partial charge in [0, 0.05) is 31.3 Å². The first kappa shape index (κ1) is 27.5. The Morgan fingerprint density at radius 3 is 2.43 bits per heavy atom. The van der Waals surface area contributed by atoms with Crippen molar-refractivity contribution in [2.24, 2.45) is 11.1 Å². The average Bonchev–Trinajstić information content (AvgIpc) is 3.40. The van der Waals surface area contributed by atoms with Gasteiger partial charge in [0.05, 0.1) is 34.3 Å². The Labute approximate surface area is 216 Å². The van der Waals surface area contributed by atoms with Crippen LogP contribution in [0.3, 0.4) is 0 Å². The fourth-order valence-corrected chi connectivity index (χ4v) is 5.32. The first-order valence-electron chi connectivity index (χ1n) is 11.7. The van der Waals surface area contributed by atoms with E-state index < -0.39 is 35.6 Å². The molecule has 0 aliphatic carbocycles. The third kappa shape index (κ3) is 6.21. The third-order valence-electron chi connectivity index (χ3n) is 6.37. The number of carbonyl (C=O) groups excluding carboxylic acids is 2. The number of aliphatic hydroxyl groups is 1.